The summed E-state index contributed by atoms with van der Waals surface area (Å²) in [5.41, 5.74) is 6.90. The van der Waals surface area contributed by atoms with Gasteiger partial charge in [-0.2, -0.15) is 0 Å². The van der Waals surface area contributed by atoms with E-state index in [4.69, 9.17) is 5.73 Å². The van der Waals surface area contributed by atoms with Crippen LogP contribution in [0, 0.1) is 5.41 Å². The number of hydrogen-bond donors (Lipinski definition) is 2. The van der Waals surface area contributed by atoms with Crippen LogP contribution in [-0.2, 0) is 10.0 Å². The quantitative estimate of drug-likeness (QED) is 0.839. The molecule has 0 fully saturated rings. The third-order valence-corrected chi connectivity index (χ3v) is 4.22. The Bertz CT molecular complexity index is 478. The zero-order valence-electron chi connectivity index (χ0n) is 11.9. The molecule has 5 heteroatoms. The minimum absolute atomic E-state index is 0.0102. The molecule has 0 radical (unpaired) electrons. The van der Waals surface area contributed by atoms with Crippen molar-refractivity contribution in [1.82, 2.24) is 4.72 Å². The van der Waals surface area contributed by atoms with Gasteiger partial charge in [0.1, 0.15) is 0 Å². The molecule has 0 spiro atoms. The average Bonchev–Trinajstić information content (AvgIpc) is 2.34. The Kier molecular flexibility index (Phi) is 5.52. The van der Waals surface area contributed by atoms with Crippen LogP contribution in [0.1, 0.15) is 38.8 Å². The van der Waals surface area contributed by atoms with Gasteiger partial charge in [0, 0.05) is 12.6 Å². The molecule has 4 nitrogen and oxygen atoms in total. The fourth-order valence-corrected chi connectivity index (χ4v) is 3.01. The van der Waals surface area contributed by atoms with E-state index in [9.17, 15) is 8.42 Å². The van der Waals surface area contributed by atoms with E-state index in [2.05, 4.69) is 4.72 Å². The zero-order chi connectivity index (χ0) is 14.5. The predicted molar refractivity (Wildman–Crippen MR) is 79.2 cm³/mol. The molecule has 1 aromatic rings. The lowest BCUT2D eigenvalue weighted by Gasteiger charge is -2.19. The number of rotatable bonds is 6. The molecule has 1 aromatic carbocycles. The van der Waals surface area contributed by atoms with Crippen LogP contribution in [0.25, 0.3) is 0 Å². The molecular formula is C14H24N2O2S. The van der Waals surface area contributed by atoms with E-state index >= 15 is 0 Å². The predicted octanol–water partition coefficient (Wildman–Crippen LogP) is 2.04. The van der Waals surface area contributed by atoms with Gasteiger partial charge in [-0.1, -0.05) is 51.1 Å². The highest BCUT2D eigenvalue weighted by atomic mass is 32.2. The number of hydrogen-bond acceptors (Lipinski definition) is 3. The van der Waals surface area contributed by atoms with Crippen LogP contribution >= 0.6 is 0 Å². The van der Waals surface area contributed by atoms with E-state index in [-0.39, 0.29) is 23.8 Å². The third kappa shape index (κ3) is 6.71. The molecule has 3 N–H and O–H groups in total. The number of nitrogens with one attached hydrogen (secondary N) is 1. The smallest absolute Gasteiger partial charge is 0.211 e. The molecule has 0 aliphatic carbocycles. The topological polar surface area (TPSA) is 72.2 Å². The molecular weight excluding hydrogens is 260 g/mol. The second kappa shape index (κ2) is 6.50. The minimum atomic E-state index is -3.25. The summed E-state index contributed by atoms with van der Waals surface area (Å²) in [5.74, 6) is 0.137. The van der Waals surface area contributed by atoms with Gasteiger partial charge in [-0.15, -0.1) is 0 Å². The van der Waals surface area contributed by atoms with Gasteiger partial charge in [0.2, 0.25) is 10.0 Å². The standard InChI is InChI=1S/C14H24N2O2S/c1-14(2,3)9-10-19(17,18)16-11-13(15)12-7-5-4-6-8-12/h4-8,13,16H,9-11,15H2,1-3H3/t13-/m1/s1. The highest BCUT2D eigenvalue weighted by molar-refractivity contribution is 7.89. The molecule has 108 valence electrons. The maximum Gasteiger partial charge on any atom is 0.211 e. The van der Waals surface area contributed by atoms with Crippen LogP contribution in [0.3, 0.4) is 0 Å². The highest BCUT2D eigenvalue weighted by Gasteiger charge is 2.18. The van der Waals surface area contributed by atoms with Crippen molar-refractivity contribution in [2.24, 2.45) is 11.1 Å². The van der Waals surface area contributed by atoms with Crippen molar-refractivity contribution in [1.29, 1.82) is 0 Å². The van der Waals surface area contributed by atoms with E-state index in [0.29, 0.717) is 6.42 Å². The number of benzene rings is 1. The summed E-state index contributed by atoms with van der Waals surface area (Å²) in [6.07, 6.45) is 0.628. The summed E-state index contributed by atoms with van der Waals surface area (Å²) < 4.78 is 26.3. The summed E-state index contributed by atoms with van der Waals surface area (Å²) in [6.45, 7) is 6.31. The van der Waals surface area contributed by atoms with E-state index in [1.165, 1.54) is 0 Å². The molecule has 1 rings (SSSR count). The largest absolute Gasteiger partial charge is 0.323 e. The van der Waals surface area contributed by atoms with Crippen LogP contribution in [-0.4, -0.2) is 20.7 Å². The maximum absolute atomic E-state index is 11.8. The van der Waals surface area contributed by atoms with Gasteiger partial charge in [-0.25, -0.2) is 13.1 Å². The molecule has 0 amide bonds. The van der Waals surface area contributed by atoms with Crippen molar-refractivity contribution in [2.75, 3.05) is 12.3 Å². The third-order valence-electron chi connectivity index (χ3n) is 2.87. The Labute approximate surface area is 116 Å². The van der Waals surface area contributed by atoms with Gasteiger partial charge in [-0.05, 0) is 17.4 Å². The van der Waals surface area contributed by atoms with Gasteiger partial charge < -0.3 is 5.73 Å². The van der Waals surface area contributed by atoms with Crippen LogP contribution in [0.2, 0.25) is 0 Å². The first-order valence-corrected chi connectivity index (χ1v) is 8.13. The van der Waals surface area contributed by atoms with Crippen molar-refractivity contribution in [3.05, 3.63) is 35.9 Å². The Morgan fingerprint density at radius 3 is 2.32 bits per heavy atom. The number of sulfonamides is 1. The van der Waals surface area contributed by atoms with Crippen LogP contribution in [0.15, 0.2) is 30.3 Å². The van der Waals surface area contributed by atoms with E-state index in [1.54, 1.807) is 0 Å². The summed E-state index contributed by atoms with van der Waals surface area (Å²) >= 11 is 0. The van der Waals surface area contributed by atoms with Gasteiger partial charge in [0.25, 0.3) is 0 Å². The molecule has 1 atom stereocenters. The Morgan fingerprint density at radius 1 is 1.21 bits per heavy atom. The zero-order valence-corrected chi connectivity index (χ0v) is 12.7. The summed E-state index contributed by atoms with van der Waals surface area (Å²) in [7, 11) is -3.25. The summed E-state index contributed by atoms with van der Waals surface area (Å²) in [5, 5.41) is 0. The van der Waals surface area contributed by atoms with Gasteiger partial charge in [-0.3, -0.25) is 0 Å². The van der Waals surface area contributed by atoms with E-state index in [1.807, 2.05) is 51.1 Å². The molecule has 0 aliphatic heterocycles. The molecule has 0 saturated carbocycles. The molecule has 0 bridgehead atoms. The van der Waals surface area contributed by atoms with Crippen molar-refractivity contribution in [3.8, 4) is 0 Å². The SMILES string of the molecule is CC(C)(C)CCS(=O)(=O)NC[C@@H](N)c1ccccc1. The lowest BCUT2D eigenvalue weighted by molar-refractivity contribution is 0.396. The maximum atomic E-state index is 11.8. The van der Waals surface area contributed by atoms with Crippen molar-refractivity contribution >= 4 is 10.0 Å². The summed E-state index contributed by atoms with van der Waals surface area (Å²) in [6, 6.07) is 9.17. The first kappa shape index (κ1) is 16.1. The highest BCUT2D eigenvalue weighted by Crippen LogP contribution is 2.19. The Balaban J connectivity index is 2.47. The lowest BCUT2D eigenvalue weighted by Crippen LogP contribution is -2.34. The number of nitrogens with two attached hydrogens (primary N) is 1. The second-order valence-corrected chi connectivity index (χ2v) is 7.92. The van der Waals surface area contributed by atoms with Crippen molar-refractivity contribution < 1.29 is 8.42 Å². The first-order valence-electron chi connectivity index (χ1n) is 6.47. The molecule has 0 aliphatic rings. The van der Waals surface area contributed by atoms with E-state index in [0.717, 1.165) is 5.56 Å². The van der Waals surface area contributed by atoms with Crippen molar-refractivity contribution in [3.63, 3.8) is 0 Å². The lowest BCUT2D eigenvalue weighted by atomic mass is 9.94. The molecule has 0 saturated heterocycles. The average molecular weight is 284 g/mol. The van der Waals surface area contributed by atoms with Crippen LogP contribution in [0.5, 0.6) is 0 Å². The van der Waals surface area contributed by atoms with Gasteiger partial charge >= 0.3 is 0 Å². The van der Waals surface area contributed by atoms with Crippen LogP contribution in [0.4, 0.5) is 0 Å². The molecule has 0 heterocycles. The Morgan fingerprint density at radius 2 is 1.79 bits per heavy atom. The normalized spacial score (nSPS) is 14.3. The first-order chi connectivity index (χ1) is 8.70. The fraction of sp³-hybridized carbons (Fsp3) is 0.571. The Hall–Kier alpha value is -0.910. The molecule has 0 aromatic heterocycles. The molecule has 19 heavy (non-hydrogen) atoms. The second-order valence-electron chi connectivity index (χ2n) is 6.00. The minimum Gasteiger partial charge on any atom is -0.323 e. The fourth-order valence-electron chi connectivity index (χ4n) is 1.55. The van der Waals surface area contributed by atoms with Gasteiger partial charge in [0.15, 0.2) is 0 Å². The van der Waals surface area contributed by atoms with Crippen LogP contribution < -0.4 is 10.5 Å². The van der Waals surface area contributed by atoms with Gasteiger partial charge in [0.05, 0.1) is 5.75 Å². The summed E-state index contributed by atoms with van der Waals surface area (Å²) in [4.78, 5) is 0. The monoisotopic (exact) mass is 284 g/mol. The van der Waals surface area contributed by atoms with Crippen molar-refractivity contribution in [2.45, 2.75) is 33.2 Å². The van der Waals surface area contributed by atoms with E-state index < -0.39 is 10.0 Å². The molecule has 0 unspecified atom stereocenters.